The lowest BCUT2D eigenvalue weighted by Crippen LogP contribution is -2.60. The monoisotopic (exact) mass is 476 g/mol. The molecule has 0 aromatic heterocycles. The maximum Gasteiger partial charge on any atom is 0.245 e. The highest BCUT2D eigenvalue weighted by Gasteiger charge is 2.51. The van der Waals surface area contributed by atoms with Gasteiger partial charge in [-0.1, -0.05) is 51.4 Å². The molecule has 4 atom stereocenters. The van der Waals surface area contributed by atoms with Gasteiger partial charge in [-0.3, -0.25) is 9.59 Å². The van der Waals surface area contributed by atoms with Crippen LogP contribution in [0.4, 0.5) is 0 Å². The molecule has 2 heterocycles. The summed E-state index contributed by atoms with van der Waals surface area (Å²) in [6.45, 7) is 9.53. The van der Waals surface area contributed by atoms with Gasteiger partial charge in [0.25, 0.3) is 0 Å². The number of benzene rings is 1. The second-order valence-electron chi connectivity index (χ2n) is 11.2. The molecule has 1 aromatic carbocycles. The molecule has 1 aliphatic carbocycles. The van der Waals surface area contributed by atoms with Crippen LogP contribution in [0.1, 0.15) is 65.4 Å². The van der Waals surface area contributed by atoms with E-state index in [4.69, 9.17) is 16.3 Å². The van der Waals surface area contributed by atoms with Crippen molar-refractivity contribution in [1.29, 1.82) is 0 Å². The van der Waals surface area contributed by atoms with E-state index in [1.807, 2.05) is 39.8 Å². The zero-order valence-corrected chi connectivity index (χ0v) is 21.0. The van der Waals surface area contributed by atoms with Crippen LogP contribution < -0.4 is 5.32 Å². The summed E-state index contributed by atoms with van der Waals surface area (Å²) in [7, 11) is 0. The second kappa shape index (κ2) is 8.86. The van der Waals surface area contributed by atoms with Gasteiger partial charge >= 0.3 is 0 Å². The molecular formula is C26H37ClN2O4. The van der Waals surface area contributed by atoms with Crippen molar-refractivity contribution in [1.82, 2.24) is 10.2 Å². The largest absolute Gasteiger partial charge is 0.384 e. The number of rotatable bonds is 5. The van der Waals surface area contributed by atoms with Crippen LogP contribution in [0.25, 0.3) is 0 Å². The topological polar surface area (TPSA) is 78.9 Å². The normalized spacial score (nSPS) is 32.0. The van der Waals surface area contributed by atoms with Crippen molar-refractivity contribution in [2.24, 2.45) is 17.3 Å². The van der Waals surface area contributed by atoms with Crippen LogP contribution in [0.15, 0.2) is 24.3 Å². The van der Waals surface area contributed by atoms with Gasteiger partial charge < -0.3 is 20.1 Å². The Morgan fingerprint density at radius 3 is 2.36 bits per heavy atom. The summed E-state index contributed by atoms with van der Waals surface area (Å²) >= 11 is 6.04. The average molecular weight is 477 g/mol. The number of hydrogen-bond donors (Lipinski definition) is 2. The van der Waals surface area contributed by atoms with Crippen molar-refractivity contribution in [3.05, 3.63) is 34.9 Å². The van der Waals surface area contributed by atoms with Gasteiger partial charge in [-0.05, 0) is 55.7 Å². The summed E-state index contributed by atoms with van der Waals surface area (Å²) in [4.78, 5) is 28.4. The van der Waals surface area contributed by atoms with Crippen LogP contribution in [0, 0.1) is 17.3 Å². The molecule has 2 amide bonds. The van der Waals surface area contributed by atoms with Crippen LogP contribution in [0.5, 0.6) is 0 Å². The van der Waals surface area contributed by atoms with Gasteiger partial charge in [-0.15, -0.1) is 0 Å². The van der Waals surface area contributed by atoms with E-state index < -0.39 is 17.1 Å². The van der Waals surface area contributed by atoms with Gasteiger partial charge in [0.1, 0.15) is 6.04 Å². The van der Waals surface area contributed by atoms with Gasteiger partial charge in [-0.2, -0.15) is 0 Å². The third-order valence-corrected chi connectivity index (χ3v) is 8.47. The third-order valence-electron chi connectivity index (χ3n) is 8.22. The predicted molar refractivity (Wildman–Crippen MR) is 128 cm³/mol. The molecule has 1 aromatic rings. The maximum atomic E-state index is 13.6. The number of carbonyl (C=O) groups excluding carboxylic acids is 2. The third kappa shape index (κ3) is 4.54. The first kappa shape index (κ1) is 24.5. The Morgan fingerprint density at radius 2 is 1.85 bits per heavy atom. The molecule has 2 N–H and O–H groups in total. The first-order chi connectivity index (χ1) is 15.5. The number of amides is 2. The summed E-state index contributed by atoms with van der Waals surface area (Å²) in [5.74, 6) is -0.232. The van der Waals surface area contributed by atoms with Crippen molar-refractivity contribution in [2.75, 3.05) is 19.7 Å². The number of aliphatic hydroxyl groups is 1. The first-order valence-corrected chi connectivity index (χ1v) is 12.6. The van der Waals surface area contributed by atoms with Crippen LogP contribution in [0.2, 0.25) is 5.02 Å². The molecule has 1 saturated carbocycles. The average Bonchev–Trinajstić information content (AvgIpc) is 3.20. The Morgan fingerprint density at radius 1 is 1.18 bits per heavy atom. The molecule has 4 rings (SSSR count). The summed E-state index contributed by atoms with van der Waals surface area (Å²) in [6.07, 6.45) is 3.95. The number of piperidine rings is 1. The summed E-state index contributed by atoms with van der Waals surface area (Å²) in [6, 6.07) is 6.72. The molecular weight excluding hydrogens is 440 g/mol. The van der Waals surface area contributed by atoms with Gasteiger partial charge in [0, 0.05) is 29.4 Å². The highest BCUT2D eigenvalue weighted by molar-refractivity contribution is 6.30. The van der Waals surface area contributed by atoms with E-state index in [-0.39, 0.29) is 29.3 Å². The molecule has 0 radical (unpaired) electrons. The standard InChI is InChI=1S/C26H37ClN2O4/c1-17(2)21(28-22(30)18-9-10-25(15-18)12-14-33-25)23(31)29-13-11-26(32,24(3,4)16-29)19-5-7-20(27)8-6-19/h5-8,17-18,21,32H,9-16H2,1-4H3,(H,28,30)/t18?,21-,25?,26+/m1/s1. The van der Waals surface area contributed by atoms with E-state index in [1.54, 1.807) is 17.0 Å². The fourth-order valence-electron chi connectivity index (χ4n) is 5.82. The second-order valence-corrected chi connectivity index (χ2v) is 11.6. The van der Waals surface area contributed by atoms with Crippen LogP contribution >= 0.6 is 11.6 Å². The van der Waals surface area contributed by atoms with Crippen LogP contribution in [-0.4, -0.2) is 53.2 Å². The predicted octanol–water partition coefficient (Wildman–Crippen LogP) is 3.89. The highest BCUT2D eigenvalue weighted by Crippen LogP contribution is 2.47. The molecule has 1 spiro atoms. The summed E-state index contributed by atoms with van der Waals surface area (Å²) in [5.41, 5.74) is -0.917. The van der Waals surface area contributed by atoms with E-state index in [9.17, 15) is 14.7 Å². The lowest BCUT2D eigenvalue weighted by Gasteiger charge is -2.51. The molecule has 0 bridgehead atoms. The van der Waals surface area contributed by atoms with Gasteiger partial charge in [0.05, 0.1) is 17.8 Å². The Labute approximate surface area is 202 Å². The molecule has 2 aliphatic heterocycles. The Balaban J connectivity index is 1.43. The van der Waals surface area contributed by atoms with E-state index in [0.717, 1.165) is 37.9 Å². The minimum absolute atomic E-state index is 0.0306. The first-order valence-electron chi connectivity index (χ1n) is 12.2. The summed E-state index contributed by atoms with van der Waals surface area (Å²) < 4.78 is 5.75. The number of nitrogens with zero attached hydrogens (tertiary/aromatic N) is 1. The number of halogens is 1. The molecule has 7 heteroatoms. The highest BCUT2D eigenvalue weighted by atomic mass is 35.5. The van der Waals surface area contributed by atoms with Gasteiger partial charge in [0.2, 0.25) is 11.8 Å². The zero-order valence-electron chi connectivity index (χ0n) is 20.2. The number of nitrogens with one attached hydrogen (secondary N) is 1. The van der Waals surface area contributed by atoms with Gasteiger partial charge in [-0.25, -0.2) is 0 Å². The minimum Gasteiger partial charge on any atom is -0.384 e. The maximum absolute atomic E-state index is 13.6. The summed E-state index contributed by atoms with van der Waals surface area (Å²) in [5, 5.41) is 15.3. The van der Waals surface area contributed by atoms with Crippen molar-refractivity contribution >= 4 is 23.4 Å². The van der Waals surface area contributed by atoms with Gasteiger partial charge in [0.15, 0.2) is 0 Å². The quantitative estimate of drug-likeness (QED) is 0.675. The Bertz CT molecular complexity index is 896. The number of ether oxygens (including phenoxy) is 1. The fourth-order valence-corrected chi connectivity index (χ4v) is 5.94. The number of likely N-dealkylation sites (tertiary alicyclic amines) is 1. The van der Waals surface area contributed by atoms with Crippen molar-refractivity contribution < 1.29 is 19.4 Å². The molecule has 3 aliphatic rings. The SMILES string of the molecule is CC(C)[C@@H](NC(=O)C1CCC2(CCO2)C1)C(=O)N1CC[C@](O)(c2ccc(Cl)cc2)C(C)(C)C1. The van der Waals surface area contributed by atoms with E-state index in [1.165, 1.54) is 0 Å². The van der Waals surface area contributed by atoms with E-state index in [2.05, 4.69) is 5.32 Å². The van der Waals surface area contributed by atoms with Crippen molar-refractivity contribution in [2.45, 2.75) is 77.0 Å². The number of carbonyl (C=O) groups is 2. The molecule has 182 valence electrons. The zero-order chi connectivity index (χ0) is 24.0. The van der Waals surface area contributed by atoms with Crippen LogP contribution in [-0.2, 0) is 19.9 Å². The molecule has 2 saturated heterocycles. The molecule has 6 nitrogen and oxygen atoms in total. The molecule has 3 fully saturated rings. The van der Waals surface area contributed by atoms with E-state index >= 15 is 0 Å². The molecule has 33 heavy (non-hydrogen) atoms. The minimum atomic E-state index is -1.06. The number of hydrogen-bond acceptors (Lipinski definition) is 4. The molecule has 2 unspecified atom stereocenters. The van der Waals surface area contributed by atoms with Crippen molar-refractivity contribution in [3.8, 4) is 0 Å². The lowest BCUT2D eigenvalue weighted by atomic mass is 9.66. The Kier molecular flexibility index (Phi) is 6.58. The smallest absolute Gasteiger partial charge is 0.245 e. The fraction of sp³-hybridized carbons (Fsp3) is 0.692. The van der Waals surface area contributed by atoms with E-state index in [0.29, 0.717) is 24.5 Å². The Hall–Kier alpha value is -1.63. The van der Waals surface area contributed by atoms with Crippen molar-refractivity contribution in [3.63, 3.8) is 0 Å². The van der Waals surface area contributed by atoms with Crippen LogP contribution in [0.3, 0.4) is 0 Å². The lowest BCUT2D eigenvalue weighted by molar-refractivity contribution is -0.157.